The molecule has 0 aromatic carbocycles. The van der Waals surface area contributed by atoms with Gasteiger partial charge in [-0.1, -0.05) is 0 Å². The molecular formula is C8H9NO2S. The molecule has 0 aliphatic carbocycles. The van der Waals surface area contributed by atoms with Crippen molar-refractivity contribution in [2.45, 2.75) is 12.5 Å². The van der Waals surface area contributed by atoms with Crippen molar-refractivity contribution in [3.8, 4) is 0 Å². The summed E-state index contributed by atoms with van der Waals surface area (Å²) in [7, 11) is 0. The Morgan fingerprint density at radius 1 is 1.67 bits per heavy atom. The van der Waals surface area contributed by atoms with Crippen molar-refractivity contribution in [3.63, 3.8) is 0 Å². The molecule has 0 amide bonds. The molecule has 12 heavy (non-hydrogen) atoms. The van der Waals surface area contributed by atoms with E-state index < -0.39 is 6.10 Å². The molecule has 0 radical (unpaired) electrons. The summed E-state index contributed by atoms with van der Waals surface area (Å²) in [6.45, 7) is 0.677. The minimum absolute atomic E-state index is 0.640. The molecule has 3 nitrogen and oxygen atoms in total. The molecule has 2 heterocycles. The van der Waals surface area contributed by atoms with Crippen LogP contribution in [0.2, 0.25) is 0 Å². The Bertz CT molecular complexity index is 281. The average Bonchev–Trinajstić information content (AvgIpc) is 2.77. The van der Waals surface area contributed by atoms with Crippen LogP contribution in [0, 0.1) is 0 Å². The van der Waals surface area contributed by atoms with Crippen LogP contribution >= 0.6 is 11.3 Å². The standard InChI is InChI=1S/C8H9NO2S/c10-8(6-4-12-5-9-6)7-2-1-3-11-7/h2,4-5,8,10H,1,3H2. The molecule has 0 saturated heterocycles. The third-order valence-corrected chi connectivity index (χ3v) is 2.34. The zero-order valence-corrected chi connectivity index (χ0v) is 7.25. The number of aliphatic hydroxyl groups excluding tert-OH is 1. The fourth-order valence-corrected chi connectivity index (χ4v) is 1.70. The lowest BCUT2D eigenvalue weighted by molar-refractivity contribution is 0.116. The smallest absolute Gasteiger partial charge is 0.153 e. The molecular weight excluding hydrogens is 174 g/mol. The van der Waals surface area contributed by atoms with Crippen LogP contribution in [0.4, 0.5) is 0 Å². The maximum Gasteiger partial charge on any atom is 0.153 e. The Balaban J connectivity index is 2.14. The van der Waals surface area contributed by atoms with Crippen LogP contribution in [0.15, 0.2) is 22.7 Å². The average molecular weight is 183 g/mol. The zero-order chi connectivity index (χ0) is 8.39. The number of aliphatic hydroxyl groups is 1. The maximum absolute atomic E-state index is 9.66. The van der Waals surface area contributed by atoms with Crippen LogP contribution in [0.5, 0.6) is 0 Å². The molecule has 0 saturated carbocycles. The van der Waals surface area contributed by atoms with Crippen LogP contribution < -0.4 is 0 Å². The molecule has 1 aromatic heterocycles. The number of ether oxygens (including phenoxy) is 1. The lowest BCUT2D eigenvalue weighted by Crippen LogP contribution is -2.02. The highest BCUT2D eigenvalue weighted by molar-refractivity contribution is 7.07. The van der Waals surface area contributed by atoms with Crippen molar-refractivity contribution in [3.05, 3.63) is 28.4 Å². The van der Waals surface area contributed by atoms with Gasteiger partial charge in [0, 0.05) is 11.8 Å². The van der Waals surface area contributed by atoms with Crippen LogP contribution in [0.25, 0.3) is 0 Å². The van der Waals surface area contributed by atoms with E-state index in [9.17, 15) is 5.11 Å². The Morgan fingerprint density at radius 3 is 3.17 bits per heavy atom. The van der Waals surface area contributed by atoms with Crippen LogP contribution in [-0.2, 0) is 4.74 Å². The van der Waals surface area contributed by atoms with E-state index in [1.54, 1.807) is 5.51 Å². The molecule has 1 unspecified atom stereocenters. The van der Waals surface area contributed by atoms with Gasteiger partial charge in [0.2, 0.25) is 0 Å². The topological polar surface area (TPSA) is 42.4 Å². The molecule has 1 aliphatic rings. The molecule has 0 bridgehead atoms. The number of hydrogen-bond donors (Lipinski definition) is 1. The maximum atomic E-state index is 9.66. The van der Waals surface area contributed by atoms with Gasteiger partial charge in [-0.3, -0.25) is 0 Å². The second-order valence-electron chi connectivity index (χ2n) is 2.56. The number of rotatable bonds is 2. The van der Waals surface area contributed by atoms with E-state index in [-0.39, 0.29) is 0 Å². The van der Waals surface area contributed by atoms with Gasteiger partial charge < -0.3 is 9.84 Å². The van der Waals surface area contributed by atoms with Gasteiger partial charge in [-0.2, -0.15) is 0 Å². The second kappa shape index (κ2) is 3.25. The summed E-state index contributed by atoms with van der Waals surface area (Å²) in [5, 5.41) is 11.5. The lowest BCUT2D eigenvalue weighted by atomic mass is 10.2. The van der Waals surface area contributed by atoms with Gasteiger partial charge in [-0.15, -0.1) is 11.3 Å². The molecule has 0 fully saturated rings. The zero-order valence-electron chi connectivity index (χ0n) is 6.43. The predicted octanol–water partition coefficient (Wildman–Crippen LogP) is 1.48. The summed E-state index contributed by atoms with van der Waals surface area (Å²) < 4.78 is 5.21. The fourth-order valence-electron chi connectivity index (χ4n) is 1.13. The molecule has 1 N–H and O–H groups in total. The lowest BCUT2D eigenvalue weighted by Gasteiger charge is -2.08. The third kappa shape index (κ3) is 1.35. The molecule has 4 heteroatoms. The van der Waals surface area contributed by atoms with E-state index in [0.717, 1.165) is 6.42 Å². The van der Waals surface area contributed by atoms with Gasteiger partial charge in [0.05, 0.1) is 17.8 Å². The fraction of sp³-hybridized carbons (Fsp3) is 0.375. The van der Waals surface area contributed by atoms with Crippen molar-refractivity contribution in [1.29, 1.82) is 0 Å². The van der Waals surface area contributed by atoms with Gasteiger partial charge in [0.15, 0.2) is 6.10 Å². The first kappa shape index (κ1) is 7.76. The Hall–Kier alpha value is -0.870. The van der Waals surface area contributed by atoms with Crippen molar-refractivity contribution in [2.75, 3.05) is 6.61 Å². The van der Waals surface area contributed by atoms with Gasteiger partial charge in [-0.05, 0) is 6.08 Å². The minimum atomic E-state index is -0.668. The normalized spacial score (nSPS) is 18.6. The highest BCUT2D eigenvalue weighted by Crippen LogP contribution is 2.25. The minimum Gasteiger partial charge on any atom is -0.495 e. The number of thiazole rings is 1. The predicted molar refractivity (Wildman–Crippen MR) is 45.7 cm³/mol. The summed E-state index contributed by atoms with van der Waals surface area (Å²) in [4.78, 5) is 4.01. The molecule has 1 atom stereocenters. The summed E-state index contributed by atoms with van der Waals surface area (Å²) in [6, 6.07) is 0. The number of nitrogens with zero attached hydrogens (tertiary/aromatic N) is 1. The summed E-state index contributed by atoms with van der Waals surface area (Å²) in [5.74, 6) is 0.640. The van der Waals surface area contributed by atoms with Crippen LogP contribution in [0.1, 0.15) is 18.2 Å². The monoisotopic (exact) mass is 183 g/mol. The first-order chi connectivity index (χ1) is 5.88. The number of aromatic nitrogens is 1. The van der Waals surface area contributed by atoms with E-state index >= 15 is 0 Å². The van der Waals surface area contributed by atoms with Gasteiger partial charge in [-0.25, -0.2) is 4.98 Å². The summed E-state index contributed by atoms with van der Waals surface area (Å²) in [5.41, 5.74) is 2.38. The molecule has 2 rings (SSSR count). The first-order valence-electron chi connectivity index (χ1n) is 3.77. The largest absolute Gasteiger partial charge is 0.495 e. The van der Waals surface area contributed by atoms with Crippen molar-refractivity contribution in [1.82, 2.24) is 4.98 Å². The summed E-state index contributed by atoms with van der Waals surface area (Å²) in [6.07, 6.45) is 2.12. The quantitative estimate of drug-likeness (QED) is 0.755. The van der Waals surface area contributed by atoms with Crippen molar-refractivity contribution in [2.24, 2.45) is 0 Å². The van der Waals surface area contributed by atoms with Gasteiger partial charge in [0.25, 0.3) is 0 Å². The van der Waals surface area contributed by atoms with Gasteiger partial charge in [0.1, 0.15) is 5.76 Å². The van der Waals surface area contributed by atoms with E-state index in [0.29, 0.717) is 18.1 Å². The Morgan fingerprint density at radius 2 is 2.58 bits per heavy atom. The SMILES string of the molecule is OC(C1=CCCO1)c1cscn1. The highest BCUT2D eigenvalue weighted by Gasteiger charge is 2.18. The molecule has 1 aromatic rings. The van der Waals surface area contributed by atoms with Crippen LogP contribution in [-0.4, -0.2) is 16.7 Å². The first-order valence-corrected chi connectivity index (χ1v) is 4.71. The van der Waals surface area contributed by atoms with E-state index in [2.05, 4.69) is 4.98 Å². The Labute approximate surface area is 74.3 Å². The molecule has 0 spiro atoms. The Kier molecular flexibility index (Phi) is 2.10. The second-order valence-corrected chi connectivity index (χ2v) is 3.28. The van der Waals surface area contributed by atoms with Gasteiger partial charge >= 0.3 is 0 Å². The van der Waals surface area contributed by atoms with Crippen LogP contribution in [0.3, 0.4) is 0 Å². The molecule has 1 aliphatic heterocycles. The van der Waals surface area contributed by atoms with Crippen molar-refractivity contribution >= 4 is 11.3 Å². The van der Waals surface area contributed by atoms with E-state index in [1.807, 2.05) is 11.5 Å². The summed E-state index contributed by atoms with van der Waals surface area (Å²) >= 11 is 1.47. The van der Waals surface area contributed by atoms with E-state index in [1.165, 1.54) is 11.3 Å². The molecule has 64 valence electrons. The van der Waals surface area contributed by atoms with Crippen molar-refractivity contribution < 1.29 is 9.84 Å². The number of hydrogen-bond acceptors (Lipinski definition) is 4. The highest BCUT2D eigenvalue weighted by atomic mass is 32.1. The third-order valence-electron chi connectivity index (χ3n) is 1.73. The van der Waals surface area contributed by atoms with E-state index in [4.69, 9.17) is 4.74 Å².